The van der Waals surface area contributed by atoms with E-state index in [9.17, 15) is 18.0 Å². The molecule has 0 bridgehead atoms. The lowest BCUT2D eigenvalue weighted by molar-refractivity contribution is -0.137. The predicted molar refractivity (Wildman–Crippen MR) is 79.9 cm³/mol. The summed E-state index contributed by atoms with van der Waals surface area (Å²) in [5.74, 6) is 0.429. The van der Waals surface area contributed by atoms with E-state index < -0.39 is 11.7 Å². The Labute approximate surface area is 127 Å². The third-order valence-corrected chi connectivity index (χ3v) is 3.93. The van der Waals surface area contributed by atoms with Crippen LogP contribution in [0.4, 0.5) is 13.2 Å². The topological polar surface area (TPSA) is 20.3 Å². The third kappa shape index (κ3) is 3.78. The summed E-state index contributed by atoms with van der Waals surface area (Å²) in [4.78, 5) is 13.3. The van der Waals surface area contributed by atoms with Crippen LogP contribution in [-0.4, -0.2) is 23.9 Å². The van der Waals surface area contributed by atoms with Crippen molar-refractivity contribution in [1.82, 2.24) is 4.90 Å². The molecule has 5 heteroatoms. The average Bonchev–Trinajstić information content (AvgIpc) is 2.85. The van der Waals surface area contributed by atoms with Crippen molar-refractivity contribution >= 4 is 12.0 Å². The molecule has 0 spiro atoms. The molecule has 0 N–H and O–H groups in total. The lowest BCUT2D eigenvalue weighted by atomic mass is 9.97. The zero-order valence-electron chi connectivity index (χ0n) is 12.3. The average molecular weight is 309 g/mol. The summed E-state index contributed by atoms with van der Waals surface area (Å²) in [7, 11) is 0. The zero-order chi connectivity index (χ0) is 16.3. The Hall–Kier alpha value is -2.04. The molecule has 1 fully saturated rings. The van der Waals surface area contributed by atoms with Gasteiger partial charge in [-0.1, -0.05) is 37.8 Å². The minimum Gasteiger partial charge on any atom is -0.338 e. The highest BCUT2D eigenvalue weighted by molar-refractivity contribution is 5.87. The normalized spacial score (nSPS) is 22.3. The quantitative estimate of drug-likeness (QED) is 0.773. The number of halogens is 3. The number of likely N-dealkylation sites (tertiary alicyclic amines) is 1. The molecule has 0 saturated carbocycles. The van der Waals surface area contributed by atoms with E-state index in [0.717, 1.165) is 12.1 Å². The highest BCUT2D eigenvalue weighted by atomic mass is 19.4. The number of carbonyl (C=O) groups is 1. The van der Waals surface area contributed by atoms with Gasteiger partial charge in [-0.25, -0.2) is 0 Å². The molecular formula is C17H18F3NO. The van der Waals surface area contributed by atoms with Gasteiger partial charge in [0.15, 0.2) is 0 Å². The molecule has 118 valence electrons. The summed E-state index contributed by atoms with van der Waals surface area (Å²) in [5.41, 5.74) is 0.0651. The lowest BCUT2D eigenvalue weighted by Gasteiger charge is -2.12. The van der Waals surface area contributed by atoms with Gasteiger partial charge in [0, 0.05) is 13.1 Å². The van der Waals surface area contributed by atoms with Gasteiger partial charge >= 0.3 is 6.18 Å². The summed E-state index contributed by atoms with van der Waals surface area (Å²) >= 11 is 0. The molecule has 0 aliphatic carbocycles. The van der Waals surface area contributed by atoms with Gasteiger partial charge in [0.2, 0.25) is 5.91 Å². The van der Waals surface area contributed by atoms with Crippen LogP contribution in [0, 0.1) is 11.8 Å². The molecule has 1 amide bonds. The Morgan fingerprint density at radius 3 is 2.45 bits per heavy atom. The zero-order valence-corrected chi connectivity index (χ0v) is 12.3. The second kappa shape index (κ2) is 6.38. The molecule has 0 unspecified atom stereocenters. The molecule has 1 saturated heterocycles. The first kappa shape index (κ1) is 16.3. The summed E-state index contributed by atoms with van der Waals surface area (Å²) in [6.07, 6.45) is 0.759. The van der Waals surface area contributed by atoms with Crippen molar-refractivity contribution in [2.75, 3.05) is 13.1 Å². The second-order valence-electron chi connectivity index (χ2n) is 5.57. The number of nitrogens with zero attached hydrogens (tertiary/aromatic N) is 1. The van der Waals surface area contributed by atoms with Crippen LogP contribution in [-0.2, 0) is 11.0 Å². The van der Waals surface area contributed by atoms with Crippen LogP contribution in [0.3, 0.4) is 0 Å². The van der Waals surface area contributed by atoms with E-state index in [1.165, 1.54) is 18.2 Å². The molecule has 22 heavy (non-hydrogen) atoms. The number of amides is 1. The first-order valence-corrected chi connectivity index (χ1v) is 7.08. The molecule has 1 aromatic carbocycles. The second-order valence-corrected chi connectivity index (χ2v) is 5.57. The number of carbonyl (C=O) groups excluding carboxylic acids is 1. The Morgan fingerprint density at radius 2 is 1.91 bits per heavy atom. The van der Waals surface area contributed by atoms with Gasteiger partial charge in [-0.15, -0.1) is 0 Å². The van der Waals surface area contributed by atoms with Crippen LogP contribution < -0.4 is 0 Å². The van der Waals surface area contributed by atoms with Crippen LogP contribution in [0.25, 0.3) is 6.08 Å². The van der Waals surface area contributed by atoms with Gasteiger partial charge in [-0.05, 0) is 35.6 Å². The molecule has 1 heterocycles. The van der Waals surface area contributed by atoms with Crippen molar-refractivity contribution in [3.63, 3.8) is 0 Å². The smallest absolute Gasteiger partial charge is 0.338 e. The van der Waals surface area contributed by atoms with E-state index >= 15 is 0 Å². The van der Waals surface area contributed by atoms with Gasteiger partial charge in [0.05, 0.1) is 5.56 Å². The molecule has 1 aliphatic heterocycles. The van der Waals surface area contributed by atoms with Crippen LogP contribution >= 0.6 is 0 Å². The van der Waals surface area contributed by atoms with Gasteiger partial charge < -0.3 is 4.90 Å². The molecule has 2 nitrogen and oxygen atoms in total. The van der Waals surface area contributed by atoms with Crippen molar-refractivity contribution in [2.45, 2.75) is 13.1 Å². The van der Waals surface area contributed by atoms with E-state index in [4.69, 9.17) is 0 Å². The number of alkyl halides is 3. The van der Waals surface area contributed by atoms with Gasteiger partial charge in [0.1, 0.15) is 0 Å². The maximum Gasteiger partial charge on any atom is 0.416 e. The SMILES string of the molecule is C=CC(=O)N1C[C@@H](C)[C@H](/C=C/c2ccc(C(F)(F)F)cc2)C1. The molecule has 0 aromatic heterocycles. The summed E-state index contributed by atoms with van der Waals surface area (Å²) in [5, 5.41) is 0. The maximum atomic E-state index is 12.5. The minimum absolute atomic E-state index is 0.0859. The van der Waals surface area contributed by atoms with Crippen LogP contribution in [0.15, 0.2) is 43.0 Å². The van der Waals surface area contributed by atoms with Crippen molar-refractivity contribution in [1.29, 1.82) is 0 Å². The molecule has 2 rings (SSSR count). The fourth-order valence-corrected chi connectivity index (χ4v) is 2.57. The number of rotatable bonds is 3. The first-order valence-electron chi connectivity index (χ1n) is 7.08. The summed E-state index contributed by atoms with van der Waals surface area (Å²) in [6, 6.07) is 5.05. The van der Waals surface area contributed by atoms with Crippen LogP contribution in [0.5, 0.6) is 0 Å². The van der Waals surface area contributed by atoms with Crippen molar-refractivity contribution < 1.29 is 18.0 Å². The molecule has 2 atom stereocenters. The lowest BCUT2D eigenvalue weighted by Crippen LogP contribution is -2.26. The fraction of sp³-hybridized carbons (Fsp3) is 0.353. The first-order chi connectivity index (χ1) is 10.3. The van der Waals surface area contributed by atoms with Crippen LogP contribution in [0.1, 0.15) is 18.1 Å². The van der Waals surface area contributed by atoms with E-state index in [1.807, 2.05) is 12.2 Å². The van der Waals surface area contributed by atoms with Gasteiger partial charge in [-0.3, -0.25) is 4.79 Å². The maximum absolute atomic E-state index is 12.5. The Balaban J connectivity index is 2.03. The van der Waals surface area contributed by atoms with Crippen LogP contribution in [0.2, 0.25) is 0 Å². The van der Waals surface area contributed by atoms with Gasteiger partial charge in [-0.2, -0.15) is 13.2 Å². The summed E-state index contributed by atoms with van der Waals surface area (Å²) < 4.78 is 37.5. The molecular weight excluding hydrogens is 291 g/mol. The molecule has 1 aliphatic rings. The van der Waals surface area contributed by atoms with E-state index in [0.29, 0.717) is 24.6 Å². The minimum atomic E-state index is -4.31. The highest BCUT2D eigenvalue weighted by Gasteiger charge is 2.30. The number of benzene rings is 1. The largest absolute Gasteiger partial charge is 0.416 e. The van der Waals surface area contributed by atoms with Crippen molar-refractivity contribution in [3.05, 3.63) is 54.1 Å². The molecule has 1 aromatic rings. The fourth-order valence-electron chi connectivity index (χ4n) is 2.57. The Morgan fingerprint density at radius 1 is 1.27 bits per heavy atom. The van der Waals surface area contributed by atoms with Gasteiger partial charge in [0.25, 0.3) is 0 Å². The Bertz CT molecular complexity index is 575. The van der Waals surface area contributed by atoms with E-state index in [-0.39, 0.29) is 11.8 Å². The number of hydrogen-bond acceptors (Lipinski definition) is 1. The predicted octanol–water partition coefficient (Wildman–Crippen LogP) is 4.00. The monoisotopic (exact) mass is 309 g/mol. The van der Waals surface area contributed by atoms with Crippen molar-refractivity contribution in [2.24, 2.45) is 11.8 Å². The molecule has 0 radical (unpaired) electrons. The number of hydrogen-bond donors (Lipinski definition) is 0. The Kier molecular flexibility index (Phi) is 4.74. The van der Waals surface area contributed by atoms with E-state index in [2.05, 4.69) is 13.5 Å². The highest BCUT2D eigenvalue weighted by Crippen LogP contribution is 2.29. The summed E-state index contributed by atoms with van der Waals surface area (Å²) in [6.45, 7) is 6.82. The van der Waals surface area contributed by atoms with E-state index in [1.54, 1.807) is 4.90 Å². The third-order valence-electron chi connectivity index (χ3n) is 3.93. The standard InChI is InChI=1S/C17H18F3NO/c1-3-16(22)21-10-12(2)14(11-21)7-4-13-5-8-15(9-6-13)17(18,19)20/h3-9,12,14H,1,10-11H2,2H3/b7-4+/t12-,14-/m1/s1. The van der Waals surface area contributed by atoms with Crippen molar-refractivity contribution in [3.8, 4) is 0 Å².